The van der Waals surface area contributed by atoms with Crippen LogP contribution in [-0.2, 0) is 4.79 Å². The molecule has 2 amide bonds. The number of rotatable bonds is 6. The van der Waals surface area contributed by atoms with Gasteiger partial charge in [0.1, 0.15) is 6.26 Å². The van der Waals surface area contributed by atoms with Crippen LogP contribution in [-0.4, -0.2) is 24.5 Å². The van der Waals surface area contributed by atoms with Crippen LogP contribution in [0.1, 0.15) is 33.9 Å². The number of halogens is 3. The van der Waals surface area contributed by atoms with Gasteiger partial charge in [-0.25, -0.2) is 0 Å². The van der Waals surface area contributed by atoms with E-state index in [-0.39, 0.29) is 24.1 Å². The molecule has 2 aromatic rings. The molecule has 0 bridgehead atoms. The number of aryl methyl sites for hydroxylation is 1. The Bertz CT molecular complexity index is 710. The molecule has 1 atom stereocenters. The fraction of sp³-hybridized carbons (Fsp3) is 0.294. The van der Waals surface area contributed by atoms with Gasteiger partial charge in [-0.2, -0.15) is 13.2 Å². The van der Waals surface area contributed by atoms with E-state index in [4.69, 9.17) is 4.42 Å². The summed E-state index contributed by atoms with van der Waals surface area (Å²) in [6, 6.07) is 5.09. The van der Waals surface area contributed by atoms with E-state index >= 15 is 0 Å². The van der Waals surface area contributed by atoms with E-state index in [1.807, 2.05) is 5.32 Å². The van der Waals surface area contributed by atoms with Gasteiger partial charge in [-0.3, -0.25) is 9.59 Å². The first-order valence-corrected chi connectivity index (χ1v) is 7.50. The van der Waals surface area contributed by atoms with Crippen molar-refractivity contribution in [3.05, 3.63) is 59.5 Å². The van der Waals surface area contributed by atoms with Crippen LogP contribution >= 0.6 is 0 Å². The molecule has 0 unspecified atom stereocenters. The van der Waals surface area contributed by atoms with Crippen LogP contribution in [0.3, 0.4) is 0 Å². The Hall–Kier alpha value is -2.77. The fourth-order valence-corrected chi connectivity index (χ4v) is 2.13. The molecular weight excluding hydrogens is 337 g/mol. The smallest absolute Gasteiger partial charge is 0.412 e. The molecule has 1 aromatic heterocycles. The molecule has 5 nitrogen and oxygen atoms in total. The predicted molar refractivity (Wildman–Crippen MR) is 83.8 cm³/mol. The standard InChI is InChI=1S/C17H17F3N2O3/c1-11-2-4-12(5-3-11)15(17(18,19)20)22-14(23)6-8-21-16(24)13-7-9-25-10-13/h2-5,7,9-10,15H,6,8H2,1H3,(H,21,24)(H,22,23)/t15-/m0/s1. The first-order chi connectivity index (χ1) is 11.8. The zero-order valence-corrected chi connectivity index (χ0v) is 13.4. The third kappa shape index (κ3) is 5.37. The van der Waals surface area contributed by atoms with Crippen LogP contribution in [0.4, 0.5) is 13.2 Å². The maximum Gasteiger partial charge on any atom is 0.412 e. The number of hydrogen-bond donors (Lipinski definition) is 2. The summed E-state index contributed by atoms with van der Waals surface area (Å²) >= 11 is 0. The Morgan fingerprint density at radius 2 is 1.84 bits per heavy atom. The highest BCUT2D eigenvalue weighted by Gasteiger charge is 2.41. The zero-order valence-electron chi connectivity index (χ0n) is 13.4. The topological polar surface area (TPSA) is 71.3 Å². The van der Waals surface area contributed by atoms with Gasteiger partial charge in [-0.15, -0.1) is 0 Å². The molecule has 0 saturated heterocycles. The van der Waals surface area contributed by atoms with Crippen LogP contribution < -0.4 is 10.6 Å². The van der Waals surface area contributed by atoms with Crippen molar-refractivity contribution in [2.24, 2.45) is 0 Å². The van der Waals surface area contributed by atoms with Crippen LogP contribution in [0, 0.1) is 6.92 Å². The minimum atomic E-state index is -4.62. The van der Waals surface area contributed by atoms with Gasteiger partial charge < -0.3 is 15.1 Å². The number of benzene rings is 1. The first kappa shape index (κ1) is 18.6. The van der Waals surface area contributed by atoms with E-state index in [9.17, 15) is 22.8 Å². The summed E-state index contributed by atoms with van der Waals surface area (Å²) in [7, 11) is 0. The van der Waals surface area contributed by atoms with E-state index in [1.165, 1.54) is 30.7 Å². The van der Waals surface area contributed by atoms with Gasteiger partial charge in [0, 0.05) is 13.0 Å². The lowest BCUT2D eigenvalue weighted by Gasteiger charge is -2.22. The molecule has 2 rings (SSSR count). The van der Waals surface area contributed by atoms with E-state index < -0.39 is 24.0 Å². The Morgan fingerprint density at radius 1 is 1.16 bits per heavy atom. The van der Waals surface area contributed by atoms with Crippen molar-refractivity contribution >= 4 is 11.8 Å². The number of carbonyl (C=O) groups excluding carboxylic acids is 2. The van der Waals surface area contributed by atoms with E-state index in [0.717, 1.165) is 5.56 Å². The first-order valence-electron chi connectivity index (χ1n) is 7.50. The quantitative estimate of drug-likeness (QED) is 0.837. The van der Waals surface area contributed by atoms with Crippen molar-refractivity contribution in [2.45, 2.75) is 25.6 Å². The molecule has 0 spiro atoms. The van der Waals surface area contributed by atoms with E-state index in [1.54, 1.807) is 19.1 Å². The Labute approximate surface area is 142 Å². The Balaban J connectivity index is 1.91. The molecule has 134 valence electrons. The van der Waals surface area contributed by atoms with Crippen molar-refractivity contribution in [2.75, 3.05) is 6.54 Å². The monoisotopic (exact) mass is 354 g/mol. The normalized spacial score (nSPS) is 12.5. The van der Waals surface area contributed by atoms with Crippen molar-refractivity contribution < 1.29 is 27.2 Å². The minimum Gasteiger partial charge on any atom is -0.472 e. The third-order valence-corrected chi connectivity index (χ3v) is 3.46. The van der Waals surface area contributed by atoms with Crippen molar-refractivity contribution in [1.29, 1.82) is 0 Å². The van der Waals surface area contributed by atoms with Gasteiger partial charge >= 0.3 is 6.18 Å². The fourth-order valence-electron chi connectivity index (χ4n) is 2.13. The maximum atomic E-state index is 13.2. The minimum absolute atomic E-state index is 0.0473. The average molecular weight is 354 g/mol. The second kappa shape index (κ2) is 7.87. The van der Waals surface area contributed by atoms with Gasteiger partial charge in [-0.05, 0) is 18.6 Å². The molecule has 0 radical (unpaired) electrons. The Kier molecular flexibility index (Phi) is 5.84. The molecule has 25 heavy (non-hydrogen) atoms. The number of amides is 2. The Morgan fingerprint density at radius 3 is 2.40 bits per heavy atom. The van der Waals surface area contributed by atoms with E-state index in [0.29, 0.717) is 0 Å². The maximum absolute atomic E-state index is 13.2. The molecule has 0 aliphatic heterocycles. The summed E-state index contributed by atoms with van der Waals surface area (Å²) < 4.78 is 44.4. The van der Waals surface area contributed by atoms with Crippen LogP contribution in [0.2, 0.25) is 0 Å². The molecule has 0 saturated carbocycles. The second-order valence-electron chi connectivity index (χ2n) is 5.47. The molecule has 0 aliphatic rings. The van der Waals surface area contributed by atoms with Crippen molar-refractivity contribution in [1.82, 2.24) is 10.6 Å². The number of carbonyl (C=O) groups is 2. The number of nitrogens with one attached hydrogen (secondary N) is 2. The summed E-state index contributed by atoms with van der Waals surface area (Å²) in [4.78, 5) is 23.5. The van der Waals surface area contributed by atoms with Crippen LogP contribution in [0.5, 0.6) is 0 Å². The highest BCUT2D eigenvalue weighted by atomic mass is 19.4. The zero-order chi connectivity index (χ0) is 18.4. The second-order valence-corrected chi connectivity index (χ2v) is 5.47. The summed E-state index contributed by atoms with van der Waals surface area (Å²) in [5, 5.41) is 4.40. The summed E-state index contributed by atoms with van der Waals surface area (Å²) in [5.74, 6) is -1.28. The SMILES string of the molecule is Cc1ccc([C@H](NC(=O)CCNC(=O)c2ccoc2)C(F)(F)F)cc1. The van der Waals surface area contributed by atoms with Gasteiger partial charge in [0.2, 0.25) is 5.91 Å². The lowest BCUT2D eigenvalue weighted by molar-refractivity contribution is -0.163. The molecule has 1 aromatic carbocycles. The molecule has 0 fully saturated rings. The lowest BCUT2D eigenvalue weighted by atomic mass is 10.0. The molecule has 0 aliphatic carbocycles. The van der Waals surface area contributed by atoms with Gasteiger partial charge in [0.15, 0.2) is 6.04 Å². The summed E-state index contributed by atoms with van der Waals surface area (Å²) in [6.07, 6.45) is -2.35. The summed E-state index contributed by atoms with van der Waals surface area (Å²) in [6.45, 7) is 1.67. The van der Waals surface area contributed by atoms with Gasteiger partial charge in [0.25, 0.3) is 5.91 Å². The third-order valence-electron chi connectivity index (χ3n) is 3.46. The van der Waals surface area contributed by atoms with E-state index in [2.05, 4.69) is 5.32 Å². The van der Waals surface area contributed by atoms with Crippen molar-refractivity contribution in [3.63, 3.8) is 0 Å². The predicted octanol–water partition coefficient (Wildman–Crippen LogP) is 3.13. The highest BCUT2D eigenvalue weighted by molar-refractivity contribution is 5.94. The van der Waals surface area contributed by atoms with Gasteiger partial charge in [0.05, 0.1) is 11.8 Å². The molecule has 8 heteroatoms. The number of furan rings is 1. The van der Waals surface area contributed by atoms with Crippen molar-refractivity contribution in [3.8, 4) is 0 Å². The van der Waals surface area contributed by atoms with Crippen LogP contribution in [0.15, 0.2) is 47.3 Å². The number of alkyl halides is 3. The summed E-state index contributed by atoms with van der Waals surface area (Å²) in [5.41, 5.74) is 1.04. The molecule has 1 heterocycles. The number of hydrogen-bond acceptors (Lipinski definition) is 3. The largest absolute Gasteiger partial charge is 0.472 e. The molecule has 2 N–H and O–H groups in total. The average Bonchev–Trinajstić information content (AvgIpc) is 3.07. The lowest BCUT2D eigenvalue weighted by Crippen LogP contribution is -2.39. The van der Waals surface area contributed by atoms with Crippen LogP contribution in [0.25, 0.3) is 0 Å². The highest BCUT2D eigenvalue weighted by Crippen LogP contribution is 2.32. The van der Waals surface area contributed by atoms with Gasteiger partial charge in [-0.1, -0.05) is 29.8 Å². The molecular formula is C17H17F3N2O3.